The molecule has 0 N–H and O–H groups in total. The van der Waals surface area contributed by atoms with E-state index in [0.717, 1.165) is 58.7 Å². The van der Waals surface area contributed by atoms with Gasteiger partial charge in [-0.2, -0.15) is 10.2 Å². The standard InChI is InChI=1S/C34H20F6N2Si/c35-25-11-26(36)15-32(14-25)43(33-16-27(37)12-28(38)17-33,34-18-29(39)13-30(40)19-34)31-6-4-21(5-7-31)22-2-1-3-23(10-22)24-8-9-41-42-20-24/h1-20H. The number of nitrogens with zero attached hydrogens (tertiary/aromatic N) is 2. The van der Waals surface area contributed by atoms with Gasteiger partial charge in [-0.1, -0.05) is 42.5 Å². The molecule has 0 saturated heterocycles. The summed E-state index contributed by atoms with van der Waals surface area (Å²) in [5.41, 5.74) is 3.34. The van der Waals surface area contributed by atoms with Crippen LogP contribution in [-0.4, -0.2) is 18.3 Å². The van der Waals surface area contributed by atoms with Gasteiger partial charge in [-0.25, -0.2) is 26.3 Å². The summed E-state index contributed by atoms with van der Waals surface area (Å²) in [6.07, 6.45) is 3.22. The minimum Gasteiger partial charge on any atom is -0.207 e. The van der Waals surface area contributed by atoms with Crippen molar-refractivity contribution >= 4 is 28.8 Å². The smallest absolute Gasteiger partial charge is 0.180 e. The zero-order chi connectivity index (χ0) is 30.1. The van der Waals surface area contributed by atoms with E-state index in [-0.39, 0.29) is 15.6 Å². The molecular weight excluding hydrogens is 578 g/mol. The van der Waals surface area contributed by atoms with Crippen LogP contribution in [0.2, 0.25) is 0 Å². The number of benzene rings is 5. The van der Waals surface area contributed by atoms with Gasteiger partial charge >= 0.3 is 0 Å². The van der Waals surface area contributed by atoms with Crippen LogP contribution in [0, 0.1) is 34.9 Å². The van der Waals surface area contributed by atoms with Gasteiger partial charge in [-0.15, -0.1) is 0 Å². The molecule has 9 heteroatoms. The molecule has 0 saturated carbocycles. The van der Waals surface area contributed by atoms with Crippen LogP contribution in [-0.2, 0) is 0 Å². The van der Waals surface area contributed by atoms with E-state index in [1.807, 2.05) is 30.3 Å². The van der Waals surface area contributed by atoms with Gasteiger partial charge in [0.25, 0.3) is 0 Å². The summed E-state index contributed by atoms with van der Waals surface area (Å²) in [6.45, 7) is 0. The Morgan fingerprint density at radius 2 is 0.814 bits per heavy atom. The van der Waals surface area contributed by atoms with Crippen LogP contribution >= 0.6 is 0 Å². The molecule has 6 aromatic rings. The monoisotopic (exact) mass is 598 g/mol. The maximum absolute atomic E-state index is 14.8. The molecule has 5 aromatic carbocycles. The van der Waals surface area contributed by atoms with Crippen LogP contribution in [0.1, 0.15) is 0 Å². The van der Waals surface area contributed by atoms with Crippen molar-refractivity contribution in [2.24, 2.45) is 0 Å². The number of hydrogen-bond donors (Lipinski definition) is 0. The fourth-order valence-corrected chi connectivity index (χ4v) is 10.4. The quantitative estimate of drug-likeness (QED) is 0.133. The van der Waals surface area contributed by atoms with Crippen molar-refractivity contribution in [3.05, 3.63) is 156 Å². The summed E-state index contributed by atoms with van der Waals surface area (Å²) >= 11 is 0. The fraction of sp³-hybridized carbons (Fsp3) is 0. The van der Waals surface area contributed by atoms with Crippen LogP contribution in [0.4, 0.5) is 26.3 Å². The maximum Gasteiger partial charge on any atom is 0.180 e. The van der Waals surface area contributed by atoms with Gasteiger partial charge in [0.1, 0.15) is 34.9 Å². The van der Waals surface area contributed by atoms with Crippen LogP contribution < -0.4 is 20.7 Å². The van der Waals surface area contributed by atoms with Gasteiger partial charge in [0.15, 0.2) is 8.07 Å². The van der Waals surface area contributed by atoms with Gasteiger partial charge < -0.3 is 0 Å². The first-order valence-corrected chi connectivity index (χ1v) is 15.1. The molecule has 0 radical (unpaired) electrons. The number of hydrogen-bond acceptors (Lipinski definition) is 2. The first-order valence-electron chi connectivity index (χ1n) is 13.1. The largest absolute Gasteiger partial charge is 0.207 e. The predicted molar refractivity (Wildman–Crippen MR) is 156 cm³/mol. The highest BCUT2D eigenvalue weighted by atomic mass is 28.3. The maximum atomic E-state index is 14.8. The Labute approximate surface area is 243 Å². The van der Waals surface area contributed by atoms with E-state index in [2.05, 4.69) is 10.2 Å². The lowest BCUT2D eigenvalue weighted by atomic mass is 10.0. The average Bonchev–Trinajstić information content (AvgIpc) is 2.97. The van der Waals surface area contributed by atoms with Crippen LogP contribution in [0.15, 0.2) is 122 Å². The van der Waals surface area contributed by atoms with Gasteiger partial charge in [-0.05, 0) is 86.0 Å². The average molecular weight is 599 g/mol. The SMILES string of the molecule is Fc1cc(F)cc([Si](c2ccc(-c3cccc(-c4ccnnc4)c3)cc2)(c2cc(F)cc(F)c2)c2cc(F)cc(F)c2)c1. The lowest BCUT2D eigenvalue weighted by Crippen LogP contribution is -2.75. The summed E-state index contributed by atoms with van der Waals surface area (Å²) in [6, 6.07) is 24.5. The molecule has 0 amide bonds. The topological polar surface area (TPSA) is 25.8 Å². The highest BCUT2D eigenvalue weighted by molar-refractivity contribution is 7.19. The van der Waals surface area contributed by atoms with Crippen molar-refractivity contribution in [3.63, 3.8) is 0 Å². The Bertz CT molecular complexity index is 1760. The number of rotatable bonds is 6. The Kier molecular flexibility index (Phi) is 7.41. The normalized spacial score (nSPS) is 11.5. The summed E-state index contributed by atoms with van der Waals surface area (Å²) in [7, 11) is -4.13. The first kappa shape index (κ1) is 28.1. The van der Waals surface area contributed by atoms with Crippen molar-refractivity contribution in [2.45, 2.75) is 0 Å². The first-order chi connectivity index (χ1) is 20.7. The fourth-order valence-electron chi connectivity index (χ4n) is 5.56. The van der Waals surface area contributed by atoms with E-state index in [9.17, 15) is 26.3 Å². The summed E-state index contributed by atoms with van der Waals surface area (Å²) in [5.74, 6) is -5.67. The molecule has 0 atom stereocenters. The van der Waals surface area contributed by atoms with Gasteiger partial charge in [-0.3, -0.25) is 0 Å². The Balaban J connectivity index is 1.61. The van der Waals surface area contributed by atoms with E-state index in [0.29, 0.717) is 23.4 Å². The Hall–Kier alpha value is -5.02. The van der Waals surface area contributed by atoms with E-state index in [1.165, 1.54) is 0 Å². The summed E-state index contributed by atoms with van der Waals surface area (Å²) in [4.78, 5) is 0. The van der Waals surface area contributed by atoms with Gasteiger partial charge in [0.05, 0.1) is 12.4 Å². The van der Waals surface area contributed by atoms with Crippen molar-refractivity contribution in [3.8, 4) is 22.3 Å². The predicted octanol–water partition coefficient (Wildman–Crippen LogP) is 6.02. The van der Waals surface area contributed by atoms with E-state index < -0.39 is 43.0 Å². The van der Waals surface area contributed by atoms with Gasteiger partial charge in [0, 0.05) is 23.8 Å². The zero-order valence-electron chi connectivity index (χ0n) is 22.2. The molecule has 0 fully saturated rings. The highest BCUT2D eigenvalue weighted by Crippen LogP contribution is 2.26. The molecule has 212 valence electrons. The molecule has 6 rings (SSSR count). The minimum atomic E-state index is -4.13. The van der Waals surface area contributed by atoms with Crippen LogP contribution in [0.5, 0.6) is 0 Å². The molecule has 0 spiro atoms. The lowest BCUT2D eigenvalue weighted by Gasteiger charge is -2.34. The molecule has 2 nitrogen and oxygen atoms in total. The minimum absolute atomic E-state index is 0.0138. The molecule has 43 heavy (non-hydrogen) atoms. The second-order valence-corrected chi connectivity index (χ2v) is 13.8. The molecular formula is C34H20F6N2Si. The zero-order valence-corrected chi connectivity index (χ0v) is 23.2. The second-order valence-electron chi connectivity index (χ2n) is 10.0. The third-order valence-electron chi connectivity index (χ3n) is 7.32. The van der Waals surface area contributed by atoms with Crippen molar-refractivity contribution in [1.82, 2.24) is 10.2 Å². The van der Waals surface area contributed by atoms with Crippen molar-refractivity contribution in [1.29, 1.82) is 0 Å². The van der Waals surface area contributed by atoms with Crippen molar-refractivity contribution in [2.75, 3.05) is 0 Å². The van der Waals surface area contributed by atoms with Crippen LogP contribution in [0.25, 0.3) is 22.3 Å². The summed E-state index contributed by atoms with van der Waals surface area (Å²) in [5, 5.41) is 8.16. The second kappa shape index (κ2) is 11.3. The molecule has 0 aliphatic carbocycles. The number of halogens is 6. The Morgan fingerprint density at radius 1 is 0.372 bits per heavy atom. The molecule has 0 aliphatic heterocycles. The van der Waals surface area contributed by atoms with Crippen molar-refractivity contribution < 1.29 is 26.3 Å². The highest BCUT2D eigenvalue weighted by Gasteiger charge is 2.43. The molecule has 0 bridgehead atoms. The molecule has 0 unspecified atom stereocenters. The van der Waals surface area contributed by atoms with E-state index >= 15 is 0 Å². The van der Waals surface area contributed by atoms with Crippen LogP contribution in [0.3, 0.4) is 0 Å². The lowest BCUT2D eigenvalue weighted by molar-refractivity contribution is 0.585. The number of aromatic nitrogens is 2. The molecule has 1 heterocycles. The third-order valence-corrected chi connectivity index (χ3v) is 12.0. The van der Waals surface area contributed by atoms with E-state index in [1.54, 1.807) is 36.7 Å². The van der Waals surface area contributed by atoms with E-state index in [4.69, 9.17) is 0 Å². The summed E-state index contributed by atoms with van der Waals surface area (Å²) < 4.78 is 88.6. The molecule has 0 aliphatic rings. The Morgan fingerprint density at radius 3 is 1.23 bits per heavy atom. The molecule has 1 aromatic heterocycles. The third kappa shape index (κ3) is 5.47. The van der Waals surface area contributed by atoms with Gasteiger partial charge in [0.2, 0.25) is 0 Å².